The number of alkyl halides is 1. The van der Waals surface area contributed by atoms with E-state index in [1.165, 1.54) is 6.08 Å². The van der Waals surface area contributed by atoms with E-state index in [0.717, 1.165) is 37.5 Å². The van der Waals surface area contributed by atoms with Gasteiger partial charge in [-0.1, -0.05) is 41.4 Å². The predicted molar refractivity (Wildman–Crippen MR) is 85.5 cm³/mol. The van der Waals surface area contributed by atoms with E-state index in [4.69, 9.17) is 33.5 Å². The molecule has 1 aliphatic rings. The molecule has 1 aromatic rings. The van der Waals surface area contributed by atoms with Crippen LogP contribution in [0, 0.1) is 0 Å². The fraction of sp³-hybridized carbons (Fsp3) is 0.333. The molecule has 2 rings (SSSR count). The fourth-order valence-corrected chi connectivity index (χ4v) is 2.34. The van der Waals surface area contributed by atoms with Gasteiger partial charge in [-0.2, -0.15) is 0 Å². The smallest absolute Gasteiger partial charge is 0.328 e. The van der Waals surface area contributed by atoms with Gasteiger partial charge in [-0.15, -0.1) is 11.6 Å². The van der Waals surface area contributed by atoms with Crippen molar-refractivity contribution in [1.29, 1.82) is 0 Å². The van der Waals surface area contributed by atoms with Gasteiger partial charge in [0.25, 0.3) is 0 Å². The average Bonchev–Trinajstić information content (AvgIpc) is 2.47. The van der Waals surface area contributed by atoms with Crippen LogP contribution >= 0.6 is 23.2 Å². The molecule has 6 heteroatoms. The lowest BCUT2D eigenvalue weighted by Crippen LogP contribution is -2.18. The molecule has 114 valence electrons. The predicted octanol–water partition coefficient (Wildman–Crippen LogP) is 4.44. The summed E-state index contributed by atoms with van der Waals surface area (Å²) in [6.45, 7) is 0. The van der Waals surface area contributed by atoms with Gasteiger partial charge in [0.05, 0.1) is 11.1 Å². The SMILES string of the molecule is O/N=C1/CCCCC1Cl.O=C(O)/C=C/c1ccccc1Cl. The van der Waals surface area contributed by atoms with Gasteiger partial charge in [0, 0.05) is 11.1 Å². The number of hydrogen-bond acceptors (Lipinski definition) is 3. The zero-order chi connectivity index (χ0) is 15.7. The van der Waals surface area contributed by atoms with E-state index in [2.05, 4.69) is 5.16 Å². The summed E-state index contributed by atoms with van der Waals surface area (Å²) < 4.78 is 0. The third-order valence-corrected chi connectivity index (χ3v) is 3.76. The third-order valence-electron chi connectivity index (χ3n) is 2.94. The van der Waals surface area contributed by atoms with E-state index in [1.807, 2.05) is 0 Å². The van der Waals surface area contributed by atoms with Crippen LogP contribution in [0.3, 0.4) is 0 Å². The van der Waals surface area contributed by atoms with Crippen molar-refractivity contribution in [2.45, 2.75) is 31.1 Å². The Balaban J connectivity index is 0.000000219. The summed E-state index contributed by atoms with van der Waals surface area (Å²) in [5.41, 5.74) is 1.46. The first kappa shape index (κ1) is 17.5. The van der Waals surface area contributed by atoms with E-state index in [9.17, 15) is 4.79 Å². The molecule has 2 N–H and O–H groups in total. The zero-order valence-corrected chi connectivity index (χ0v) is 12.9. The second kappa shape index (κ2) is 9.42. The highest BCUT2D eigenvalue weighted by Crippen LogP contribution is 2.19. The zero-order valence-electron chi connectivity index (χ0n) is 11.4. The van der Waals surface area contributed by atoms with E-state index in [0.29, 0.717) is 10.6 Å². The molecule has 1 fully saturated rings. The molecule has 1 aliphatic carbocycles. The average molecular weight is 330 g/mol. The van der Waals surface area contributed by atoms with Crippen LogP contribution < -0.4 is 0 Å². The molecule has 4 nitrogen and oxygen atoms in total. The number of benzene rings is 1. The van der Waals surface area contributed by atoms with Gasteiger partial charge in [0.2, 0.25) is 0 Å². The molecule has 21 heavy (non-hydrogen) atoms. The summed E-state index contributed by atoms with van der Waals surface area (Å²) in [4.78, 5) is 10.2. The minimum Gasteiger partial charge on any atom is -0.478 e. The van der Waals surface area contributed by atoms with Crippen molar-refractivity contribution in [2.75, 3.05) is 0 Å². The minimum absolute atomic E-state index is 0.0104. The molecular formula is C15H17Cl2NO3. The van der Waals surface area contributed by atoms with Crippen molar-refractivity contribution in [3.05, 3.63) is 40.9 Å². The van der Waals surface area contributed by atoms with Crippen LogP contribution in [0.1, 0.15) is 31.2 Å². The van der Waals surface area contributed by atoms with Crippen molar-refractivity contribution in [2.24, 2.45) is 5.16 Å². The number of carboxylic acids is 1. The lowest BCUT2D eigenvalue weighted by Gasteiger charge is -2.15. The minimum atomic E-state index is -0.977. The lowest BCUT2D eigenvalue weighted by atomic mass is 9.98. The van der Waals surface area contributed by atoms with Gasteiger partial charge in [0.1, 0.15) is 0 Å². The first-order chi connectivity index (χ1) is 10.0. The number of oxime groups is 1. The van der Waals surface area contributed by atoms with Crippen molar-refractivity contribution >= 4 is 41.0 Å². The van der Waals surface area contributed by atoms with Crippen LogP contribution in [0.15, 0.2) is 35.5 Å². The third kappa shape index (κ3) is 6.65. The normalized spacial score (nSPS) is 20.1. The van der Waals surface area contributed by atoms with E-state index in [1.54, 1.807) is 24.3 Å². The van der Waals surface area contributed by atoms with Gasteiger partial charge in [-0.25, -0.2) is 4.79 Å². The molecule has 0 radical (unpaired) electrons. The topological polar surface area (TPSA) is 69.9 Å². The number of nitrogens with zero attached hydrogens (tertiary/aromatic N) is 1. The first-order valence-electron chi connectivity index (χ1n) is 6.55. The van der Waals surface area contributed by atoms with Gasteiger partial charge in [-0.05, 0) is 37.0 Å². The highest BCUT2D eigenvalue weighted by Gasteiger charge is 2.17. The molecule has 0 spiro atoms. The Bertz CT molecular complexity index is 529. The molecule has 0 aromatic heterocycles. The van der Waals surface area contributed by atoms with Gasteiger partial charge >= 0.3 is 5.97 Å². The molecule has 1 atom stereocenters. The maximum Gasteiger partial charge on any atom is 0.328 e. The van der Waals surface area contributed by atoms with Crippen LogP contribution in [0.5, 0.6) is 0 Å². The molecule has 1 saturated carbocycles. The van der Waals surface area contributed by atoms with Crippen molar-refractivity contribution in [1.82, 2.24) is 0 Å². The van der Waals surface area contributed by atoms with Crippen molar-refractivity contribution in [3.8, 4) is 0 Å². The van der Waals surface area contributed by atoms with Gasteiger partial charge in [-0.3, -0.25) is 0 Å². The summed E-state index contributed by atoms with van der Waals surface area (Å²) >= 11 is 11.6. The molecule has 0 amide bonds. The fourth-order valence-electron chi connectivity index (χ4n) is 1.84. The Hall–Kier alpha value is -1.52. The Morgan fingerprint density at radius 1 is 1.33 bits per heavy atom. The maximum atomic E-state index is 10.2. The monoisotopic (exact) mass is 329 g/mol. The molecular weight excluding hydrogens is 313 g/mol. The number of aliphatic carboxylic acids is 1. The summed E-state index contributed by atoms with van der Waals surface area (Å²) in [7, 11) is 0. The van der Waals surface area contributed by atoms with E-state index < -0.39 is 5.97 Å². The van der Waals surface area contributed by atoms with Crippen LogP contribution in [0.4, 0.5) is 0 Å². The standard InChI is InChI=1S/C9H7ClO2.C6H10ClNO/c10-8-4-2-1-3-7(8)5-6-9(11)12;7-5-3-1-2-4-6(5)8-9/h1-6H,(H,11,12);5,9H,1-4H2/b6-5+;8-6-. The molecule has 0 aliphatic heterocycles. The first-order valence-corrected chi connectivity index (χ1v) is 7.36. The summed E-state index contributed by atoms with van der Waals surface area (Å²) in [6.07, 6.45) is 6.62. The molecule has 1 unspecified atom stereocenters. The Morgan fingerprint density at radius 2 is 2.05 bits per heavy atom. The highest BCUT2D eigenvalue weighted by atomic mass is 35.5. The number of hydrogen-bond donors (Lipinski definition) is 2. The summed E-state index contributed by atoms with van der Waals surface area (Å²) in [5.74, 6) is -0.977. The Kier molecular flexibility index (Phi) is 7.87. The van der Waals surface area contributed by atoms with Gasteiger partial charge < -0.3 is 10.3 Å². The van der Waals surface area contributed by atoms with Crippen LogP contribution in [-0.4, -0.2) is 27.4 Å². The number of carboxylic acid groups (broad SMARTS) is 1. The summed E-state index contributed by atoms with van der Waals surface area (Å²) in [5, 5.41) is 20.4. The van der Waals surface area contributed by atoms with Crippen molar-refractivity contribution in [3.63, 3.8) is 0 Å². The second-order valence-corrected chi connectivity index (χ2v) is 5.43. The number of carbonyl (C=O) groups is 1. The summed E-state index contributed by atoms with van der Waals surface area (Å²) in [6, 6.07) is 7.05. The van der Waals surface area contributed by atoms with Crippen LogP contribution in [-0.2, 0) is 4.79 Å². The van der Waals surface area contributed by atoms with Gasteiger partial charge in [0.15, 0.2) is 0 Å². The Morgan fingerprint density at radius 3 is 2.57 bits per heavy atom. The molecule has 0 heterocycles. The number of halogens is 2. The van der Waals surface area contributed by atoms with E-state index in [-0.39, 0.29) is 5.38 Å². The largest absolute Gasteiger partial charge is 0.478 e. The maximum absolute atomic E-state index is 10.2. The number of rotatable bonds is 2. The highest BCUT2D eigenvalue weighted by molar-refractivity contribution is 6.32. The Labute approximate surface area is 133 Å². The second-order valence-electron chi connectivity index (χ2n) is 4.50. The molecule has 1 aromatic carbocycles. The lowest BCUT2D eigenvalue weighted by molar-refractivity contribution is -0.131. The molecule has 0 saturated heterocycles. The molecule has 0 bridgehead atoms. The quantitative estimate of drug-likeness (QED) is 0.365. The van der Waals surface area contributed by atoms with Crippen LogP contribution in [0.25, 0.3) is 6.08 Å². The van der Waals surface area contributed by atoms with Crippen LogP contribution in [0.2, 0.25) is 5.02 Å². The van der Waals surface area contributed by atoms with Crippen molar-refractivity contribution < 1.29 is 15.1 Å². The van der Waals surface area contributed by atoms with E-state index >= 15 is 0 Å².